The van der Waals surface area contributed by atoms with E-state index in [9.17, 15) is 9.59 Å². The van der Waals surface area contributed by atoms with Gasteiger partial charge in [0.2, 0.25) is 12.5 Å². The summed E-state index contributed by atoms with van der Waals surface area (Å²) in [6, 6.07) is 5.20. The Labute approximate surface area is 137 Å². The lowest BCUT2D eigenvalue weighted by Gasteiger charge is -2.24. The molecule has 2 aliphatic rings. The summed E-state index contributed by atoms with van der Waals surface area (Å²) in [4.78, 5) is 27.2. The SMILES string of the molecule is COc1cc([C@H]2CC(=O)Oc3cc(C)[nH]c(=O)c32)cc2c1OCO2. The van der Waals surface area contributed by atoms with Crippen LogP contribution in [0.25, 0.3) is 0 Å². The van der Waals surface area contributed by atoms with Crippen LogP contribution in [-0.4, -0.2) is 24.9 Å². The maximum absolute atomic E-state index is 12.4. The molecule has 0 spiro atoms. The monoisotopic (exact) mass is 329 g/mol. The standard InChI is InChI=1S/C17H15NO6/c1-8-3-11-15(17(20)18-8)10(6-14(19)24-11)9-4-12(21-2)16-13(5-9)22-7-23-16/h3-5,10H,6-7H2,1-2H3,(H,18,20)/t10-/m1/s1. The number of hydrogen-bond acceptors (Lipinski definition) is 6. The molecule has 0 saturated heterocycles. The summed E-state index contributed by atoms with van der Waals surface area (Å²) in [6.07, 6.45) is 0.0714. The fourth-order valence-electron chi connectivity index (χ4n) is 3.15. The number of aryl methyl sites for hydroxylation is 1. The Balaban J connectivity index is 1.90. The Morgan fingerprint density at radius 2 is 2.00 bits per heavy atom. The molecule has 1 atom stereocenters. The van der Waals surface area contributed by atoms with E-state index >= 15 is 0 Å². The number of benzene rings is 1. The molecule has 24 heavy (non-hydrogen) atoms. The Morgan fingerprint density at radius 3 is 2.79 bits per heavy atom. The second-order valence-corrected chi connectivity index (χ2v) is 5.75. The van der Waals surface area contributed by atoms with Gasteiger partial charge in [-0.15, -0.1) is 0 Å². The quantitative estimate of drug-likeness (QED) is 0.846. The molecule has 0 bridgehead atoms. The molecule has 4 rings (SSSR count). The lowest BCUT2D eigenvalue weighted by molar-refractivity contribution is -0.135. The smallest absolute Gasteiger partial charge is 0.312 e. The molecule has 0 aliphatic carbocycles. The molecule has 3 heterocycles. The highest BCUT2D eigenvalue weighted by Gasteiger charge is 2.33. The summed E-state index contributed by atoms with van der Waals surface area (Å²) < 4.78 is 21.4. The number of ether oxygens (including phenoxy) is 4. The number of nitrogens with one attached hydrogen (secondary N) is 1. The highest BCUT2D eigenvalue weighted by atomic mass is 16.7. The molecule has 2 aliphatic heterocycles. The number of aromatic amines is 1. The van der Waals surface area contributed by atoms with Gasteiger partial charge < -0.3 is 23.9 Å². The van der Waals surface area contributed by atoms with E-state index in [1.54, 1.807) is 25.1 Å². The van der Waals surface area contributed by atoms with E-state index in [-0.39, 0.29) is 24.7 Å². The molecule has 0 amide bonds. The van der Waals surface area contributed by atoms with Crippen molar-refractivity contribution in [2.24, 2.45) is 0 Å². The van der Waals surface area contributed by atoms with E-state index in [0.717, 1.165) is 5.56 Å². The topological polar surface area (TPSA) is 86.9 Å². The minimum Gasteiger partial charge on any atom is -0.493 e. The predicted octanol–water partition coefficient (Wildman–Crippen LogP) is 1.86. The van der Waals surface area contributed by atoms with Crippen LogP contribution >= 0.6 is 0 Å². The summed E-state index contributed by atoms with van der Waals surface area (Å²) in [6.45, 7) is 1.85. The number of esters is 1. The lowest BCUT2D eigenvalue weighted by Crippen LogP contribution is -2.28. The van der Waals surface area contributed by atoms with E-state index in [1.165, 1.54) is 7.11 Å². The van der Waals surface area contributed by atoms with Gasteiger partial charge in [-0.2, -0.15) is 0 Å². The van der Waals surface area contributed by atoms with Crippen LogP contribution in [0.15, 0.2) is 23.0 Å². The van der Waals surface area contributed by atoms with E-state index in [4.69, 9.17) is 18.9 Å². The van der Waals surface area contributed by atoms with Gasteiger partial charge in [0.05, 0.1) is 19.1 Å². The van der Waals surface area contributed by atoms with E-state index in [2.05, 4.69) is 4.98 Å². The van der Waals surface area contributed by atoms with Gasteiger partial charge in [-0.1, -0.05) is 0 Å². The van der Waals surface area contributed by atoms with Crippen molar-refractivity contribution in [3.63, 3.8) is 0 Å². The molecule has 2 aromatic rings. The van der Waals surface area contributed by atoms with Crippen molar-refractivity contribution in [1.29, 1.82) is 0 Å². The minimum absolute atomic E-state index is 0.0714. The van der Waals surface area contributed by atoms with Gasteiger partial charge in [-0.05, 0) is 24.6 Å². The van der Waals surface area contributed by atoms with Crippen molar-refractivity contribution in [3.05, 3.63) is 45.4 Å². The number of carbonyl (C=O) groups is 1. The first-order valence-electron chi connectivity index (χ1n) is 7.49. The number of rotatable bonds is 2. The Morgan fingerprint density at radius 1 is 1.17 bits per heavy atom. The van der Waals surface area contributed by atoms with Crippen molar-refractivity contribution in [2.75, 3.05) is 13.9 Å². The van der Waals surface area contributed by atoms with Gasteiger partial charge in [0.25, 0.3) is 5.56 Å². The molecule has 7 nitrogen and oxygen atoms in total. The van der Waals surface area contributed by atoms with Crippen LogP contribution in [-0.2, 0) is 4.79 Å². The summed E-state index contributed by atoms with van der Waals surface area (Å²) in [7, 11) is 1.53. The third-order valence-electron chi connectivity index (χ3n) is 4.19. The van der Waals surface area contributed by atoms with Gasteiger partial charge in [0, 0.05) is 17.7 Å². The maximum Gasteiger partial charge on any atom is 0.312 e. The van der Waals surface area contributed by atoms with Crippen LogP contribution in [0.3, 0.4) is 0 Å². The first kappa shape index (κ1) is 14.6. The fourth-order valence-corrected chi connectivity index (χ4v) is 3.15. The molecule has 0 fully saturated rings. The van der Waals surface area contributed by atoms with Crippen LogP contribution in [0.5, 0.6) is 23.0 Å². The molecule has 7 heteroatoms. The van der Waals surface area contributed by atoms with Gasteiger partial charge >= 0.3 is 5.97 Å². The summed E-state index contributed by atoms with van der Waals surface area (Å²) in [5, 5.41) is 0. The summed E-state index contributed by atoms with van der Waals surface area (Å²) in [5.41, 5.74) is 1.54. The van der Waals surface area contributed by atoms with Crippen LogP contribution in [0.4, 0.5) is 0 Å². The molecule has 0 radical (unpaired) electrons. The number of pyridine rings is 1. The van der Waals surface area contributed by atoms with Gasteiger partial charge in [-0.25, -0.2) is 0 Å². The van der Waals surface area contributed by atoms with Crippen molar-refractivity contribution in [2.45, 2.75) is 19.3 Å². The summed E-state index contributed by atoms with van der Waals surface area (Å²) >= 11 is 0. The molecular weight excluding hydrogens is 314 g/mol. The fraction of sp³-hybridized carbons (Fsp3) is 0.294. The van der Waals surface area contributed by atoms with Gasteiger partial charge in [-0.3, -0.25) is 9.59 Å². The zero-order valence-electron chi connectivity index (χ0n) is 13.2. The third-order valence-corrected chi connectivity index (χ3v) is 4.19. The van der Waals surface area contributed by atoms with Crippen molar-refractivity contribution in [1.82, 2.24) is 4.98 Å². The number of H-pyrrole nitrogens is 1. The van der Waals surface area contributed by atoms with Gasteiger partial charge in [0.15, 0.2) is 11.5 Å². The number of aromatic nitrogens is 1. The first-order chi connectivity index (χ1) is 11.6. The number of hydrogen-bond donors (Lipinski definition) is 1. The minimum atomic E-state index is -0.436. The zero-order chi connectivity index (χ0) is 16.8. The molecule has 1 aromatic heterocycles. The average molecular weight is 329 g/mol. The van der Waals surface area contributed by atoms with Crippen LogP contribution in [0.1, 0.15) is 29.2 Å². The van der Waals surface area contributed by atoms with E-state index in [0.29, 0.717) is 34.3 Å². The zero-order valence-corrected chi connectivity index (χ0v) is 13.2. The molecule has 0 saturated carbocycles. The third kappa shape index (κ3) is 2.20. The van der Waals surface area contributed by atoms with Crippen LogP contribution < -0.4 is 24.5 Å². The molecule has 1 N–H and O–H groups in total. The molecule has 1 aromatic carbocycles. The van der Waals surface area contributed by atoms with Crippen molar-refractivity contribution < 1.29 is 23.7 Å². The lowest BCUT2D eigenvalue weighted by atomic mass is 9.86. The molecule has 0 unspecified atom stereocenters. The Kier molecular flexibility index (Phi) is 3.23. The van der Waals surface area contributed by atoms with E-state index in [1.807, 2.05) is 0 Å². The van der Waals surface area contributed by atoms with Crippen LogP contribution in [0.2, 0.25) is 0 Å². The number of carbonyl (C=O) groups excluding carboxylic acids is 1. The first-order valence-corrected chi connectivity index (χ1v) is 7.49. The highest BCUT2D eigenvalue weighted by molar-refractivity contribution is 5.78. The molecular formula is C17H15NO6. The second-order valence-electron chi connectivity index (χ2n) is 5.75. The predicted molar refractivity (Wildman–Crippen MR) is 83.0 cm³/mol. The van der Waals surface area contributed by atoms with Crippen molar-refractivity contribution in [3.8, 4) is 23.0 Å². The Bertz CT molecular complexity index is 901. The van der Waals surface area contributed by atoms with Gasteiger partial charge in [0.1, 0.15) is 5.75 Å². The largest absolute Gasteiger partial charge is 0.493 e. The summed E-state index contributed by atoms with van der Waals surface area (Å²) in [5.74, 6) is 1.05. The Hall–Kier alpha value is -2.96. The highest BCUT2D eigenvalue weighted by Crippen LogP contribution is 2.46. The maximum atomic E-state index is 12.4. The van der Waals surface area contributed by atoms with E-state index < -0.39 is 5.92 Å². The normalized spacial score (nSPS) is 18.1. The molecule has 124 valence electrons. The second kappa shape index (κ2) is 5.30. The number of fused-ring (bicyclic) bond motifs is 2. The van der Waals surface area contributed by atoms with Crippen LogP contribution in [0, 0.1) is 6.92 Å². The average Bonchev–Trinajstić information content (AvgIpc) is 3.00. The van der Waals surface area contributed by atoms with Crippen molar-refractivity contribution >= 4 is 5.97 Å². The number of methoxy groups -OCH3 is 1.